The van der Waals surface area contributed by atoms with Crippen LogP contribution in [0, 0.1) is 5.82 Å². The first-order valence-electron chi connectivity index (χ1n) is 11.1. The van der Waals surface area contributed by atoms with Crippen molar-refractivity contribution in [2.75, 3.05) is 6.61 Å². The van der Waals surface area contributed by atoms with Gasteiger partial charge in [-0.15, -0.1) is 0 Å². The van der Waals surface area contributed by atoms with E-state index < -0.39 is 6.04 Å². The van der Waals surface area contributed by atoms with Gasteiger partial charge in [-0.25, -0.2) is 4.39 Å². The van der Waals surface area contributed by atoms with Crippen molar-refractivity contribution in [3.05, 3.63) is 64.9 Å². The van der Waals surface area contributed by atoms with Crippen LogP contribution in [0.4, 0.5) is 4.39 Å². The van der Waals surface area contributed by atoms with Crippen LogP contribution in [0.1, 0.15) is 52.0 Å². The van der Waals surface area contributed by atoms with Gasteiger partial charge < -0.3 is 15.0 Å². The van der Waals surface area contributed by atoms with Crippen LogP contribution >= 0.6 is 11.6 Å². The van der Waals surface area contributed by atoms with Gasteiger partial charge in [-0.3, -0.25) is 9.59 Å². The lowest BCUT2D eigenvalue weighted by Gasteiger charge is -2.31. The highest BCUT2D eigenvalue weighted by atomic mass is 35.5. The fraction of sp³-hybridized carbons (Fsp3) is 0.440. The number of ether oxygens (including phenoxy) is 1. The number of carbonyl (C=O) groups excluding carboxylic acids is 2. The summed E-state index contributed by atoms with van der Waals surface area (Å²) in [6.07, 6.45) is 2.03. The molecule has 0 radical (unpaired) electrons. The molecular weight excluding hydrogens is 431 g/mol. The average Bonchev–Trinajstić information content (AvgIpc) is 2.78. The van der Waals surface area contributed by atoms with Crippen molar-refractivity contribution in [3.8, 4) is 5.75 Å². The van der Waals surface area contributed by atoms with Gasteiger partial charge >= 0.3 is 0 Å². The summed E-state index contributed by atoms with van der Waals surface area (Å²) in [5.41, 5.74) is 0.770. The normalized spacial score (nSPS) is 12.7. The Balaban J connectivity index is 2.05. The van der Waals surface area contributed by atoms with Crippen molar-refractivity contribution in [3.63, 3.8) is 0 Å². The molecule has 2 aromatic rings. The first-order valence-corrected chi connectivity index (χ1v) is 11.4. The van der Waals surface area contributed by atoms with E-state index in [4.69, 9.17) is 16.3 Å². The molecule has 0 saturated carbocycles. The Morgan fingerprint density at radius 3 is 2.31 bits per heavy atom. The zero-order valence-corrected chi connectivity index (χ0v) is 19.7. The minimum absolute atomic E-state index is 0.0205. The zero-order valence-electron chi connectivity index (χ0n) is 18.9. The lowest BCUT2D eigenvalue weighted by atomic mass is 10.1. The molecule has 5 nitrogen and oxygen atoms in total. The van der Waals surface area contributed by atoms with Crippen LogP contribution in [0.5, 0.6) is 5.75 Å². The second-order valence-electron chi connectivity index (χ2n) is 7.80. The third-order valence-corrected chi connectivity index (χ3v) is 5.52. The van der Waals surface area contributed by atoms with E-state index in [0.717, 1.165) is 12.0 Å². The van der Waals surface area contributed by atoms with E-state index in [-0.39, 0.29) is 36.6 Å². The van der Waals surface area contributed by atoms with Crippen LogP contribution in [0.2, 0.25) is 5.02 Å². The predicted molar refractivity (Wildman–Crippen MR) is 125 cm³/mol. The zero-order chi connectivity index (χ0) is 23.5. The number of rotatable bonds is 12. The summed E-state index contributed by atoms with van der Waals surface area (Å²) < 4.78 is 19.0. The van der Waals surface area contributed by atoms with Crippen molar-refractivity contribution in [2.24, 2.45) is 0 Å². The quantitative estimate of drug-likeness (QED) is 0.432. The van der Waals surface area contributed by atoms with Gasteiger partial charge in [-0.2, -0.15) is 0 Å². The van der Waals surface area contributed by atoms with Crippen LogP contribution in [0.3, 0.4) is 0 Å². The molecule has 32 heavy (non-hydrogen) atoms. The summed E-state index contributed by atoms with van der Waals surface area (Å²) in [5.74, 6) is 0.0341. The van der Waals surface area contributed by atoms with Gasteiger partial charge in [0.25, 0.3) is 0 Å². The lowest BCUT2D eigenvalue weighted by Crippen LogP contribution is -2.50. The van der Waals surface area contributed by atoms with Crippen molar-refractivity contribution in [2.45, 2.75) is 65.1 Å². The maximum absolute atomic E-state index is 13.3. The molecule has 0 aliphatic carbocycles. The van der Waals surface area contributed by atoms with Gasteiger partial charge in [-0.05, 0) is 68.1 Å². The van der Waals surface area contributed by atoms with Crippen molar-refractivity contribution < 1.29 is 18.7 Å². The Bertz CT molecular complexity index is 858. The van der Waals surface area contributed by atoms with E-state index in [1.165, 1.54) is 12.1 Å². The van der Waals surface area contributed by atoms with E-state index in [2.05, 4.69) is 5.32 Å². The maximum atomic E-state index is 13.3. The smallest absolute Gasteiger partial charge is 0.243 e. The summed E-state index contributed by atoms with van der Waals surface area (Å²) in [5, 5.41) is 3.61. The minimum Gasteiger partial charge on any atom is -0.494 e. The van der Waals surface area contributed by atoms with E-state index >= 15 is 0 Å². The molecular formula is C25H32ClFN2O3. The molecule has 0 heterocycles. The molecule has 0 aromatic heterocycles. The third-order valence-electron chi connectivity index (χ3n) is 5.27. The largest absolute Gasteiger partial charge is 0.494 e. The Kier molecular flexibility index (Phi) is 10.5. The number of nitrogens with zero attached hydrogens (tertiary/aromatic N) is 1. The van der Waals surface area contributed by atoms with Gasteiger partial charge in [0.1, 0.15) is 17.6 Å². The monoisotopic (exact) mass is 462 g/mol. The number of nitrogens with one attached hydrogen (secondary N) is 1. The molecule has 1 N–H and O–H groups in total. The molecule has 2 amide bonds. The van der Waals surface area contributed by atoms with Crippen molar-refractivity contribution in [1.29, 1.82) is 0 Å². The van der Waals surface area contributed by atoms with Gasteiger partial charge in [0, 0.05) is 24.0 Å². The minimum atomic E-state index is -0.598. The Morgan fingerprint density at radius 1 is 1.06 bits per heavy atom. The molecule has 2 aromatic carbocycles. The van der Waals surface area contributed by atoms with Gasteiger partial charge in [0.2, 0.25) is 11.8 Å². The van der Waals surface area contributed by atoms with Crippen molar-refractivity contribution >= 4 is 23.4 Å². The summed E-state index contributed by atoms with van der Waals surface area (Å²) in [6.45, 7) is 6.42. The van der Waals surface area contributed by atoms with Crippen LogP contribution in [0.25, 0.3) is 0 Å². The third kappa shape index (κ3) is 8.15. The summed E-state index contributed by atoms with van der Waals surface area (Å²) in [7, 11) is 0. The topological polar surface area (TPSA) is 58.6 Å². The first-order chi connectivity index (χ1) is 15.3. The standard InChI is InChI=1S/C25H32ClFN2O3/c1-4-18(3)28-25(31)23(5-2)29(17-19-8-12-21(27)13-9-19)24(30)7-6-16-32-22-14-10-20(26)11-15-22/h8-15,18,23H,4-7,16-17H2,1-3H3,(H,28,31). The highest BCUT2D eigenvalue weighted by Crippen LogP contribution is 2.17. The van der Waals surface area contributed by atoms with Crippen LogP contribution in [-0.4, -0.2) is 35.4 Å². The molecule has 0 aliphatic rings. The van der Waals surface area contributed by atoms with Crippen molar-refractivity contribution in [1.82, 2.24) is 10.2 Å². The lowest BCUT2D eigenvalue weighted by molar-refractivity contribution is -0.141. The molecule has 0 fully saturated rings. The first kappa shape index (κ1) is 25.7. The molecule has 2 unspecified atom stereocenters. The van der Waals surface area contributed by atoms with Crippen LogP contribution in [-0.2, 0) is 16.1 Å². The maximum Gasteiger partial charge on any atom is 0.243 e. The fourth-order valence-electron chi connectivity index (χ4n) is 3.23. The average molecular weight is 463 g/mol. The van der Waals surface area contributed by atoms with Crippen LogP contribution < -0.4 is 10.1 Å². The molecule has 174 valence electrons. The number of amides is 2. The molecule has 2 rings (SSSR count). The molecule has 7 heteroatoms. The van der Waals surface area contributed by atoms with Gasteiger partial charge in [0.15, 0.2) is 0 Å². The number of hydrogen-bond acceptors (Lipinski definition) is 3. The second kappa shape index (κ2) is 13.1. The number of halogens is 2. The number of hydrogen-bond donors (Lipinski definition) is 1. The van der Waals surface area contributed by atoms with Gasteiger partial charge in [0.05, 0.1) is 6.61 Å². The Morgan fingerprint density at radius 2 is 1.72 bits per heavy atom. The van der Waals surface area contributed by atoms with E-state index in [9.17, 15) is 14.0 Å². The van der Waals surface area contributed by atoms with Gasteiger partial charge in [-0.1, -0.05) is 37.6 Å². The Hall–Kier alpha value is -2.60. The molecule has 0 saturated heterocycles. The molecule has 0 spiro atoms. The second-order valence-corrected chi connectivity index (χ2v) is 8.23. The highest BCUT2D eigenvalue weighted by molar-refractivity contribution is 6.30. The molecule has 2 atom stereocenters. The predicted octanol–water partition coefficient (Wildman–Crippen LogP) is 5.36. The summed E-state index contributed by atoms with van der Waals surface area (Å²) in [6, 6.07) is 12.5. The SMILES string of the molecule is CCC(C)NC(=O)C(CC)N(Cc1ccc(F)cc1)C(=O)CCCOc1ccc(Cl)cc1. The van der Waals surface area contributed by atoms with E-state index in [1.807, 2.05) is 20.8 Å². The highest BCUT2D eigenvalue weighted by Gasteiger charge is 2.28. The van der Waals surface area contributed by atoms with E-state index in [0.29, 0.717) is 30.2 Å². The fourth-order valence-corrected chi connectivity index (χ4v) is 3.36. The van der Waals surface area contributed by atoms with E-state index in [1.54, 1.807) is 41.3 Å². The summed E-state index contributed by atoms with van der Waals surface area (Å²) >= 11 is 5.87. The number of carbonyl (C=O) groups is 2. The summed E-state index contributed by atoms with van der Waals surface area (Å²) in [4.78, 5) is 27.6. The number of benzene rings is 2. The molecule has 0 bridgehead atoms. The molecule has 0 aliphatic heterocycles. The van der Waals surface area contributed by atoms with Crippen LogP contribution in [0.15, 0.2) is 48.5 Å². The Labute approximate surface area is 194 Å².